The highest BCUT2D eigenvalue weighted by atomic mass is 19.4. The fraction of sp³-hybridized carbons (Fsp3) is 0.400. The summed E-state index contributed by atoms with van der Waals surface area (Å²) in [5, 5.41) is 0. The van der Waals surface area contributed by atoms with Crippen LogP contribution in [0.2, 0.25) is 0 Å². The second kappa shape index (κ2) is 3.61. The third-order valence-corrected chi connectivity index (χ3v) is 2.09. The summed E-state index contributed by atoms with van der Waals surface area (Å²) in [4.78, 5) is 0. The predicted octanol–water partition coefficient (Wildman–Crippen LogP) is 3.03. The predicted molar refractivity (Wildman–Crippen MR) is 48.8 cm³/mol. The molecule has 2 N–H and O–H groups in total. The fourth-order valence-corrected chi connectivity index (χ4v) is 1.23. The highest BCUT2D eigenvalue weighted by Crippen LogP contribution is 2.33. The van der Waals surface area contributed by atoms with Gasteiger partial charge in [0.2, 0.25) is 0 Å². The minimum atomic E-state index is -4.30. The minimum Gasteiger partial charge on any atom is -0.324 e. The zero-order valence-electron chi connectivity index (χ0n) is 8.02. The second-order valence-corrected chi connectivity index (χ2v) is 3.36. The van der Waals surface area contributed by atoms with E-state index < -0.39 is 11.7 Å². The zero-order valence-corrected chi connectivity index (χ0v) is 8.02. The molecule has 1 atom stereocenters. The van der Waals surface area contributed by atoms with E-state index in [1.807, 2.05) is 0 Å². The highest BCUT2D eigenvalue weighted by Gasteiger charge is 2.32. The van der Waals surface area contributed by atoms with Crippen LogP contribution in [0.1, 0.15) is 29.7 Å². The molecule has 0 saturated heterocycles. The molecule has 0 fully saturated rings. The Labute approximate surface area is 80.7 Å². The molecule has 0 aliphatic carbocycles. The molecule has 1 rings (SSSR count). The topological polar surface area (TPSA) is 26.0 Å². The smallest absolute Gasteiger partial charge is 0.324 e. The molecule has 0 aromatic heterocycles. The SMILES string of the molecule is Cc1ccc([C@H](C)N)cc1C(F)(F)F. The summed E-state index contributed by atoms with van der Waals surface area (Å²) in [7, 11) is 0. The highest BCUT2D eigenvalue weighted by molar-refractivity contribution is 5.34. The molecule has 0 amide bonds. The van der Waals surface area contributed by atoms with E-state index in [2.05, 4.69) is 0 Å². The number of halogens is 3. The maximum atomic E-state index is 12.5. The van der Waals surface area contributed by atoms with Gasteiger partial charge in [-0.1, -0.05) is 12.1 Å². The third-order valence-electron chi connectivity index (χ3n) is 2.09. The van der Waals surface area contributed by atoms with E-state index >= 15 is 0 Å². The van der Waals surface area contributed by atoms with Gasteiger partial charge in [-0.25, -0.2) is 0 Å². The van der Waals surface area contributed by atoms with Gasteiger partial charge in [0.05, 0.1) is 5.56 Å². The van der Waals surface area contributed by atoms with Gasteiger partial charge < -0.3 is 5.73 Å². The lowest BCUT2D eigenvalue weighted by molar-refractivity contribution is -0.138. The van der Waals surface area contributed by atoms with Crippen molar-refractivity contribution in [3.05, 3.63) is 34.9 Å². The minimum absolute atomic E-state index is 0.224. The Hall–Kier alpha value is -1.03. The van der Waals surface area contributed by atoms with Crippen LogP contribution in [0.5, 0.6) is 0 Å². The first-order valence-electron chi connectivity index (χ1n) is 4.25. The Morgan fingerprint density at radius 2 is 1.86 bits per heavy atom. The average molecular weight is 203 g/mol. The molecule has 0 saturated carbocycles. The Morgan fingerprint density at radius 3 is 2.29 bits per heavy atom. The van der Waals surface area contributed by atoms with Crippen LogP contribution < -0.4 is 5.73 Å². The number of rotatable bonds is 1. The molecule has 1 aromatic carbocycles. The summed E-state index contributed by atoms with van der Waals surface area (Å²) < 4.78 is 37.4. The molecule has 0 aliphatic rings. The van der Waals surface area contributed by atoms with Gasteiger partial charge in [-0.3, -0.25) is 0 Å². The van der Waals surface area contributed by atoms with E-state index in [4.69, 9.17) is 5.73 Å². The summed E-state index contributed by atoms with van der Waals surface area (Å²) >= 11 is 0. The van der Waals surface area contributed by atoms with Crippen molar-refractivity contribution in [1.29, 1.82) is 0 Å². The maximum Gasteiger partial charge on any atom is 0.416 e. The lowest BCUT2D eigenvalue weighted by Crippen LogP contribution is -2.11. The molecule has 78 valence electrons. The van der Waals surface area contributed by atoms with Gasteiger partial charge in [-0.05, 0) is 31.0 Å². The van der Waals surface area contributed by atoms with Crippen LogP contribution in [-0.2, 0) is 6.18 Å². The molecule has 0 radical (unpaired) electrons. The van der Waals surface area contributed by atoms with Gasteiger partial charge in [-0.15, -0.1) is 0 Å². The number of nitrogens with two attached hydrogens (primary N) is 1. The normalized spacial score (nSPS) is 14.1. The van der Waals surface area contributed by atoms with Gasteiger partial charge in [0.15, 0.2) is 0 Å². The van der Waals surface area contributed by atoms with Crippen molar-refractivity contribution >= 4 is 0 Å². The van der Waals surface area contributed by atoms with Crippen LogP contribution in [0.3, 0.4) is 0 Å². The first-order valence-corrected chi connectivity index (χ1v) is 4.25. The number of benzene rings is 1. The molecule has 0 heterocycles. The van der Waals surface area contributed by atoms with Crippen LogP contribution in [0.4, 0.5) is 13.2 Å². The van der Waals surface area contributed by atoms with Gasteiger partial charge in [0, 0.05) is 6.04 Å². The summed E-state index contributed by atoms with van der Waals surface area (Å²) in [5.74, 6) is 0. The quantitative estimate of drug-likeness (QED) is 0.745. The molecular formula is C10H12F3N. The molecule has 0 unspecified atom stereocenters. The standard InChI is InChI=1S/C10H12F3N/c1-6-3-4-8(7(2)14)5-9(6)10(11,12)13/h3-5,7H,14H2,1-2H3/t7-/m0/s1. The first kappa shape index (κ1) is 11.0. The largest absolute Gasteiger partial charge is 0.416 e. The van der Waals surface area contributed by atoms with Crippen LogP contribution in [0.15, 0.2) is 18.2 Å². The summed E-state index contributed by atoms with van der Waals surface area (Å²) in [6.07, 6.45) is -4.30. The van der Waals surface area contributed by atoms with Crippen LogP contribution in [-0.4, -0.2) is 0 Å². The Morgan fingerprint density at radius 1 is 1.29 bits per heavy atom. The fourth-order valence-electron chi connectivity index (χ4n) is 1.23. The summed E-state index contributed by atoms with van der Waals surface area (Å²) in [5.41, 5.74) is 5.63. The molecule has 0 spiro atoms. The Balaban J connectivity index is 3.22. The average Bonchev–Trinajstić information content (AvgIpc) is 2.02. The van der Waals surface area contributed by atoms with Crippen molar-refractivity contribution in [2.75, 3.05) is 0 Å². The molecule has 1 nitrogen and oxygen atoms in total. The van der Waals surface area contributed by atoms with E-state index in [0.29, 0.717) is 5.56 Å². The van der Waals surface area contributed by atoms with Crippen molar-refractivity contribution in [1.82, 2.24) is 0 Å². The van der Waals surface area contributed by atoms with Crippen LogP contribution >= 0.6 is 0 Å². The lowest BCUT2D eigenvalue weighted by Gasteiger charge is -2.13. The monoisotopic (exact) mass is 203 g/mol. The van der Waals surface area contributed by atoms with Gasteiger partial charge in [0.1, 0.15) is 0 Å². The van der Waals surface area contributed by atoms with E-state index in [0.717, 1.165) is 6.07 Å². The van der Waals surface area contributed by atoms with Crippen molar-refractivity contribution in [2.24, 2.45) is 5.73 Å². The number of hydrogen-bond donors (Lipinski definition) is 1. The van der Waals surface area contributed by atoms with E-state index in [1.165, 1.54) is 13.0 Å². The van der Waals surface area contributed by atoms with Gasteiger partial charge in [-0.2, -0.15) is 13.2 Å². The number of aryl methyl sites for hydroxylation is 1. The molecule has 0 bridgehead atoms. The van der Waals surface area contributed by atoms with Crippen molar-refractivity contribution in [2.45, 2.75) is 26.1 Å². The second-order valence-electron chi connectivity index (χ2n) is 3.36. The van der Waals surface area contributed by atoms with Gasteiger partial charge in [0.25, 0.3) is 0 Å². The lowest BCUT2D eigenvalue weighted by atomic mass is 10.0. The van der Waals surface area contributed by atoms with Crippen LogP contribution in [0.25, 0.3) is 0 Å². The Kier molecular flexibility index (Phi) is 2.85. The van der Waals surface area contributed by atoms with Crippen LogP contribution in [0, 0.1) is 6.92 Å². The number of hydrogen-bond acceptors (Lipinski definition) is 1. The van der Waals surface area contributed by atoms with Crippen molar-refractivity contribution in [3.63, 3.8) is 0 Å². The number of alkyl halides is 3. The maximum absolute atomic E-state index is 12.5. The van der Waals surface area contributed by atoms with E-state index in [9.17, 15) is 13.2 Å². The summed E-state index contributed by atoms with van der Waals surface area (Å²) in [6, 6.07) is 3.80. The van der Waals surface area contributed by atoms with Crippen molar-refractivity contribution in [3.8, 4) is 0 Å². The molecule has 14 heavy (non-hydrogen) atoms. The molecule has 1 aromatic rings. The van der Waals surface area contributed by atoms with E-state index in [-0.39, 0.29) is 11.6 Å². The zero-order chi connectivity index (χ0) is 10.9. The molecular weight excluding hydrogens is 191 g/mol. The summed E-state index contributed by atoms with van der Waals surface area (Å²) in [6.45, 7) is 3.10. The van der Waals surface area contributed by atoms with Gasteiger partial charge >= 0.3 is 6.18 Å². The third kappa shape index (κ3) is 2.26. The Bertz CT molecular complexity index is 329. The molecule has 4 heteroatoms. The first-order chi connectivity index (χ1) is 6.32. The van der Waals surface area contributed by atoms with Crippen molar-refractivity contribution < 1.29 is 13.2 Å². The van der Waals surface area contributed by atoms with E-state index in [1.54, 1.807) is 13.0 Å². The molecule has 0 aliphatic heterocycles.